The van der Waals surface area contributed by atoms with E-state index in [-0.39, 0.29) is 22.8 Å². The number of hydrogen-bond donors (Lipinski definition) is 3. The highest BCUT2D eigenvalue weighted by molar-refractivity contribution is 6.08. The Morgan fingerprint density at radius 1 is 0.870 bits per heavy atom. The molecule has 1 amide bonds. The van der Waals surface area contributed by atoms with Crippen molar-refractivity contribution >= 4 is 28.3 Å². The van der Waals surface area contributed by atoms with E-state index in [1.54, 1.807) is 30.3 Å². The summed E-state index contributed by atoms with van der Waals surface area (Å²) in [6, 6.07) is 16.2. The van der Waals surface area contributed by atoms with Gasteiger partial charge in [-0.25, -0.2) is 4.79 Å². The number of phenolic OH excluding ortho intramolecular Hbond substituents is 1. The largest absolute Gasteiger partial charge is 0.507 e. The van der Waals surface area contributed by atoms with Crippen LogP contribution in [-0.4, -0.2) is 22.1 Å². The zero-order valence-electron chi connectivity index (χ0n) is 12.0. The highest BCUT2D eigenvalue weighted by Crippen LogP contribution is 2.28. The summed E-state index contributed by atoms with van der Waals surface area (Å²) < 4.78 is 0. The van der Waals surface area contributed by atoms with Crippen LogP contribution in [-0.2, 0) is 0 Å². The minimum absolute atomic E-state index is 0.0716. The molecule has 0 bridgehead atoms. The van der Waals surface area contributed by atoms with Crippen molar-refractivity contribution in [1.82, 2.24) is 0 Å². The summed E-state index contributed by atoms with van der Waals surface area (Å²) >= 11 is 0. The molecule has 0 fully saturated rings. The molecule has 0 heterocycles. The molecular formula is C18H13NO4. The van der Waals surface area contributed by atoms with Gasteiger partial charge in [0, 0.05) is 16.6 Å². The summed E-state index contributed by atoms with van der Waals surface area (Å²) in [6.45, 7) is 0. The Morgan fingerprint density at radius 2 is 1.57 bits per heavy atom. The molecule has 5 heteroatoms. The molecule has 0 spiro atoms. The third-order valence-corrected chi connectivity index (χ3v) is 3.47. The number of phenols is 1. The van der Waals surface area contributed by atoms with Gasteiger partial charge in [0.2, 0.25) is 0 Å². The number of aromatic carboxylic acids is 1. The smallest absolute Gasteiger partial charge is 0.335 e. The highest BCUT2D eigenvalue weighted by atomic mass is 16.4. The molecule has 0 aliphatic carbocycles. The van der Waals surface area contributed by atoms with Crippen molar-refractivity contribution in [1.29, 1.82) is 0 Å². The summed E-state index contributed by atoms with van der Waals surface area (Å²) in [4.78, 5) is 23.3. The quantitative estimate of drug-likeness (QED) is 0.691. The lowest BCUT2D eigenvalue weighted by molar-refractivity contribution is 0.0697. The number of carboxylic acid groups (broad SMARTS) is 1. The number of benzene rings is 3. The Labute approximate surface area is 131 Å². The molecule has 3 aromatic rings. The number of carbonyl (C=O) groups is 2. The molecule has 23 heavy (non-hydrogen) atoms. The van der Waals surface area contributed by atoms with E-state index in [9.17, 15) is 14.7 Å². The minimum Gasteiger partial charge on any atom is -0.507 e. The van der Waals surface area contributed by atoms with Gasteiger partial charge in [0.25, 0.3) is 5.91 Å². The fourth-order valence-electron chi connectivity index (χ4n) is 2.34. The molecule has 0 saturated carbocycles. The number of aromatic hydroxyl groups is 1. The van der Waals surface area contributed by atoms with E-state index in [0.717, 1.165) is 0 Å². The van der Waals surface area contributed by atoms with Gasteiger partial charge in [0.15, 0.2) is 0 Å². The molecule has 3 rings (SSSR count). The van der Waals surface area contributed by atoms with Gasteiger partial charge in [-0.1, -0.05) is 18.2 Å². The summed E-state index contributed by atoms with van der Waals surface area (Å²) in [5.74, 6) is -1.52. The zero-order chi connectivity index (χ0) is 16.4. The molecular weight excluding hydrogens is 294 g/mol. The van der Waals surface area contributed by atoms with E-state index in [1.807, 2.05) is 6.07 Å². The predicted molar refractivity (Wildman–Crippen MR) is 87.0 cm³/mol. The number of hydrogen-bond acceptors (Lipinski definition) is 3. The molecule has 0 aliphatic rings. The molecule has 0 atom stereocenters. The normalized spacial score (nSPS) is 10.4. The number of amides is 1. The van der Waals surface area contributed by atoms with Crippen molar-refractivity contribution in [3.8, 4) is 5.75 Å². The topological polar surface area (TPSA) is 86.6 Å². The molecule has 0 aliphatic heterocycles. The number of fused-ring (bicyclic) bond motifs is 1. The number of rotatable bonds is 3. The van der Waals surface area contributed by atoms with Gasteiger partial charge in [-0.15, -0.1) is 0 Å². The molecule has 0 saturated heterocycles. The molecule has 3 N–H and O–H groups in total. The van der Waals surface area contributed by atoms with E-state index in [1.165, 1.54) is 24.3 Å². The average Bonchev–Trinajstić information content (AvgIpc) is 2.55. The summed E-state index contributed by atoms with van der Waals surface area (Å²) in [6.07, 6.45) is 0. The summed E-state index contributed by atoms with van der Waals surface area (Å²) in [5.41, 5.74) is 0.982. The summed E-state index contributed by atoms with van der Waals surface area (Å²) in [7, 11) is 0. The number of carbonyl (C=O) groups excluding carboxylic acids is 1. The van der Waals surface area contributed by atoms with Crippen molar-refractivity contribution in [2.75, 3.05) is 5.32 Å². The number of para-hydroxylation sites is 1. The lowest BCUT2D eigenvalue weighted by Crippen LogP contribution is -2.11. The molecule has 0 radical (unpaired) electrons. The maximum atomic E-state index is 12.3. The lowest BCUT2D eigenvalue weighted by Gasteiger charge is -2.08. The fourth-order valence-corrected chi connectivity index (χ4v) is 2.34. The van der Waals surface area contributed by atoms with Crippen LogP contribution in [0.15, 0.2) is 60.7 Å². The second-order valence-electron chi connectivity index (χ2n) is 5.06. The van der Waals surface area contributed by atoms with E-state index < -0.39 is 5.97 Å². The zero-order valence-corrected chi connectivity index (χ0v) is 12.0. The van der Waals surface area contributed by atoms with E-state index >= 15 is 0 Å². The van der Waals surface area contributed by atoms with Crippen LogP contribution >= 0.6 is 0 Å². The van der Waals surface area contributed by atoms with Crippen LogP contribution in [0.4, 0.5) is 5.69 Å². The second-order valence-corrected chi connectivity index (χ2v) is 5.06. The van der Waals surface area contributed by atoms with Crippen molar-refractivity contribution in [3.63, 3.8) is 0 Å². The van der Waals surface area contributed by atoms with Crippen molar-refractivity contribution < 1.29 is 19.8 Å². The molecule has 3 aromatic carbocycles. The Morgan fingerprint density at radius 3 is 2.26 bits per heavy atom. The van der Waals surface area contributed by atoms with Gasteiger partial charge in [0.1, 0.15) is 5.75 Å². The predicted octanol–water partition coefficient (Wildman–Crippen LogP) is 3.50. The highest BCUT2D eigenvalue weighted by Gasteiger charge is 2.12. The van der Waals surface area contributed by atoms with Gasteiger partial charge in [0.05, 0.1) is 5.56 Å². The first-order valence-corrected chi connectivity index (χ1v) is 6.91. The number of nitrogens with one attached hydrogen (secondary N) is 1. The van der Waals surface area contributed by atoms with Crippen LogP contribution in [0.2, 0.25) is 0 Å². The lowest BCUT2D eigenvalue weighted by atomic mass is 10.0. The first-order valence-electron chi connectivity index (χ1n) is 6.91. The van der Waals surface area contributed by atoms with Crippen LogP contribution in [0.5, 0.6) is 5.75 Å². The Hall–Kier alpha value is -3.34. The Balaban J connectivity index is 2.00. The maximum absolute atomic E-state index is 12.3. The van der Waals surface area contributed by atoms with Crippen LogP contribution in [0.1, 0.15) is 20.7 Å². The van der Waals surface area contributed by atoms with Gasteiger partial charge in [-0.3, -0.25) is 4.79 Å². The maximum Gasteiger partial charge on any atom is 0.335 e. The third-order valence-electron chi connectivity index (χ3n) is 3.47. The molecule has 5 nitrogen and oxygen atoms in total. The Bertz CT molecular complexity index is 904. The number of carboxylic acids is 1. The molecule has 0 unspecified atom stereocenters. The number of anilines is 1. The van der Waals surface area contributed by atoms with Gasteiger partial charge in [-0.05, 0) is 47.9 Å². The van der Waals surface area contributed by atoms with Crippen LogP contribution in [0.25, 0.3) is 10.8 Å². The van der Waals surface area contributed by atoms with Crippen LogP contribution in [0, 0.1) is 0 Å². The SMILES string of the molecule is O=C(O)c1ccc2c(O)cc(C(=O)Nc3ccccc3)cc2c1. The second kappa shape index (κ2) is 5.81. The summed E-state index contributed by atoms with van der Waals surface area (Å²) in [5, 5.41) is 22.8. The first-order chi connectivity index (χ1) is 11.0. The van der Waals surface area contributed by atoms with E-state index in [0.29, 0.717) is 16.5 Å². The van der Waals surface area contributed by atoms with Crippen molar-refractivity contribution in [2.24, 2.45) is 0 Å². The van der Waals surface area contributed by atoms with Gasteiger partial charge >= 0.3 is 5.97 Å². The van der Waals surface area contributed by atoms with E-state index in [4.69, 9.17) is 5.11 Å². The molecule has 114 valence electrons. The fraction of sp³-hybridized carbons (Fsp3) is 0. The van der Waals surface area contributed by atoms with E-state index in [2.05, 4.69) is 5.32 Å². The van der Waals surface area contributed by atoms with Crippen LogP contribution in [0.3, 0.4) is 0 Å². The average molecular weight is 307 g/mol. The molecule has 0 aromatic heterocycles. The van der Waals surface area contributed by atoms with Gasteiger partial charge in [-0.2, -0.15) is 0 Å². The first kappa shape index (κ1) is 14.6. The van der Waals surface area contributed by atoms with Crippen LogP contribution < -0.4 is 5.32 Å². The Kier molecular flexibility index (Phi) is 3.68. The van der Waals surface area contributed by atoms with Crippen molar-refractivity contribution in [2.45, 2.75) is 0 Å². The minimum atomic E-state index is -1.06. The standard InChI is InChI=1S/C18H13NO4/c20-16-10-13(17(21)19-14-4-2-1-3-5-14)9-12-8-11(18(22)23)6-7-15(12)16/h1-10,20H,(H,19,21)(H,22,23). The third kappa shape index (κ3) is 2.98. The van der Waals surface area contributed by atoms with Gasteiger partial charge < -0.3 is 15.5 Å². The van der Waals surface area contributed by atoms with Crippen molar-refractivity contribution in [3.05, 3.63) is 71.8 Å². The monoisotopic (exact) mass is 307 g/mol.